The number of halogens is 4. The van der Waals surface area contributed by atoms with Crippen molar-refractivity contribution < 1.29 is 13.6 Å². The SMILES string of the molecule is CN(Cc1cccc(Cl)c1Cl)C(=O)c1cccc(F)c1F. The van der Waals surface area contributed by atoms with E-state index in [2.05, 4.69) is 0 Å². The lowest BCUT2D eigenvalue weighted by molar-refractivity contribution is 0.0779. The Hall–Kier alpha value is -1.65. The molecule has 1 amide bonds. The summed E-state index contributed by atoms with van der Waals surface area (Å²) in [7, 11) is 1.48. The third kappa shape index (κ3) is 3.34. The van der Waals surface area contributed by atoms with Gasteiger partial charge in [0.1, 0.15) is 0 Å². The molecule has 0 radical (unpaired) electrons. The fraction of sp³-hybridized carbons (Fsp3) is 0.133. The molecule has 0 aliphatic rings. The lowest BCUT2D eigenvalue weighted by Crippen LogP contribution is -2.27. The molecule has 110 valence electrons. The van der Waals surface area contributed by atoms with Crippen LogP contribution in [0.2, 0.25) is 10.0 Å². The smallest absolute Gasteiger partial charge is 0.256 e. The van der Waals surface area contributed by atoms with Crippen LogP contribution < -0.4 is 0 Å². The highest BCUT2D eigenvalue weighted by molar-refractivity contribution is 6.42. The Morgan fingerprint density at radius 1 is 1.14 bits per heavy atom. The molecule has 0 aliphatic heterocycles. The largest absolute Gasteiger partial charge is 0.337 e. The van der Waals surface area contributed by atoms with Crippen molar-refractivity contribution in [1.82, 2.24) is 4.90 Å². The molecule has 0 bridgehead atoms. The summed E-state index contributed by atoms with van der Waals surface area (Å²) in [6, 6.07) is 8.51. The average Bonchev–Trinajstić information content (AvgIpc) is 2.46. The molecule has 0 aliphatic carbocycles. The second-order valence-corrected chi connectivity index (χ2v) is 5.26. The van der Waals surface area contributed by atoms with Crippen LogP contribution in [0.1, 0.15) is 15.9 Å². The van der Waals surface area contributed by atoms with Crippen molar-refractivity contribution in [3.63, 3.8) is 0 Å². The van der Waals surface area contributed by atoms with Gasteiger partial charge in [-0.25, -0.2) is 8.78 Å². The highest BCUT2D eigenvalue weighted by atomic mass is 35.5. The molecule has 6 heteroatoms. The number of rotatable bonds is 3. The quantitative estimate of drug-likeness (QED) is 0.809. The van der Waals surface area contributed by atoms with Gasteiger partial charge in [0.25, 0.3) is 5.91 Å². The maximum absolute atomic E-state index is 13.6. The van der Waals surface area contributed by atoms with E-state index in [1.807, 2.05) is 0 Å². The van der Waals surface area contributed by atoms with Gasteiger partial charge in [-0.1, -0.05) is 41.4 Å². The van der Waals surface area contributed by atoms with Crippen LogP contribution in [-0.2, 0) is 6.54 Å². The Morgan fingerprint density at radius 3 is 2.52 bits per heavy atom. The molecule has 2 rings (SSSR count). The van der Waals surface area contributed by atoms with Crippen molar-refractivity contribution in [2.75, 3.05) is 7.05 Å². The lowest BCUT2D eigenvalue weighted by Gasteiger charge is -2.18. The monoisotopic (exact) mass is 329 g/mol. The second-order valence-electron chi connectivity index (χ2n) is 4.48. The van der Waals surface area contributed by atoms with Crippen molar-refractivity contribution in [1.29, 1.82) is 0 Å². The zero-order valence-corrected chi connectivity index (χ0v) is 12.6. The van der Waals surface area contributed by atoms with Crippen molar-refractivity contribution in [2.45, 2.75) is 6.54 Å². The molecule has 0 N–H and O–H groups in total. The van der Waals surface area contributed by atoms with Gasteiger partial charge < -0.3 is 4.90 Å². The van der Waals surface area contributed by atoms with Gasteiger partial charge in [0.05, 0.1) is 15.6 Å². The molecule has 0 saturated heterocycles. The molecular formula is C15H11Cl2F2NO. The van der Waals surface area contributed by atoms with Crippen LogP contribution in [0.15, 0.2) is 36.4 Å². The third-order valence-electron chi connectivity index (χ3n) is 2.97. The van der Waals surface area contributed by atoms with E-state index in [-0.39, 0.29) is 12.1 Å². The molecule has 2 nitrogen and oxygen atoms in total. The Balaban J connectivity index is 2.24. The summed E-state index contributed by atoms with van der Waals surface area (Å²) < 4.78 is 26.8. The van der Waals surface area contributed by atoms with Crippen molar-refractivity contribution >= 4 is 29.1 Å². The predicted molar refractivity (Wildman–Crippen MR) is 78.6 cm³/mol. The Labute approximate surface area is 130 Å². The van der Waals surface area contributed by atoms with Gasteiger partial charge in [0.15, 0.2) is 11.6 Å². The first-order chi connectivity index (χ1) is 9.91. The number of amides is 1. The van der Waals surface area contributed by atoms with Crippen molar-refractivity contribution in [2.24, 2.45) is 0 Å². The minimum Gasteiger partial charge on any atom is -0.337 e. The molecule has 21 heavy (non-hydrogen) atoms. The molecule has 0 atom stereocenters. The van der Waals surface area contributed by atoms with Gasteiger partial charge in [0, 0.05) is 13.6 Å². The van der Waals surface area contributed by atoms with Crippen LogP contribution in [-0.4, -0.2) is 17.9 Å². The maximum atomic E-state index is 13.6. The number of hydrogen-bond acceptors (Lipinski definition) is 1. The molecule has 0 spiro atoms. The Morgan fingerprint density at radius 2 is 1.81 bits per heavy atom. The minimum atomic E-state index is -1.16. The minimum absolute atomic E-state index is 0.133. The Kier molecular flexibility index (Phi) is 4.80. The maximum Gasteiger partial charge on any atom is 0.256 e. The third-order valence-corrected chi connectivity index (χ3v) is 3.83. The normalized spacial score (nSPS) is 10.5. The summed E-state index contributed by atoms with van der Waals surface area (Å²) in [4.78, 5) is 13.4. The zero-order chi connectivity index (χ0) is 15.6. The first-order valence-electron chi connectivity index (χ1n) is 6.04. The van der Waals surface area contributed by atoms with Crippen LogP contribution in [0.4, 0.5) is 8.78 Å². The van der Waals surface area contributed by atoms with E-state index in [0.29, 0.717) is 15.6 Å². The van der Waals surface area contributed by atoms with Crippen molar-refractivity contribution in [3.8, 4) is 0 Å². The van der Waals surface area contributed by atoms with Crippen LogP contribution in [0.25, 0.3) is 0 Å². The van der Waals surface area contributed by atoms with Gasteiger partial charge in [-0.05, 0) is 23.8 Å². The van der Waals surface area contributed by atoms with Crippen LogP contribution in [0.5, 0.6) is 0 Å². The molecule has 0 saturated carbocycles. The highest BCUT2D eigenvalue weighted by Gasteiger charge is 2.19. The van der Waals surface area contributed by atoms with Gasteiger partial charge in [-0.15, -0.1) is 0 Å². The fourth-order valence-electron chi connectivity index (χ4n) is 1.87. The van der Waals surface area contributed by atoms with Crippen LogP contribution in [0, 0.1) is 11.6 Å². The fourth-order valence-corrected chi connectivity index (χ4v) is 2.25. The van der Waals surface area contributed by atoms with E-state index < -0.39 is 17.5 Å². The molecule has 0 fully saturated rings. The van der Waals surface area contributed by atoms with E-state index in [1.165, 1.54) is 24.1 Å². The topological polar surface area (TPSA) is 20.3 Å². The van der Waals surface area contributed by atoms with Gasteiger partial charge in [-0.3, -0.25) is 4.79 Å². The standard InChI is InChI=1S/C15H11Cl2F2NO/c1-20(8-9-4-2-6-11(16)13(9)17)15(21)10-5-3-7-12(18)14(10)19/h2-7H,8H2,1H3. The summed E-state index contributed by atoms with van der Waals surface area (Å²) in [5, 5.41) is 0.700. The average molecular weight is 330 g/mol. The van der Waals surface area contributed by atoms with Crippen molar-refractivity contribution in [3.05, 3.63) is 69.2 Å². The number of nitrogens with zero attached hydrogens (tertiary/aromatic N) is 1. The van der Waals surface area contributed by atoms with Gasteiger partial charge in [-0.2, -0.15) is 0 Å². The van der Waals surface area contributed by atoms with E-state index in [1.54, 1.807) is 18.2 Å². The van der Waals surface area contributed by atoms with Crippen LogP contribution in [0.3, 0.4) is 0 Å². The number of carbonyl (C=O) groups excluding carboxylic acids is 1. The molecule has 2 aromatic rings. The van der Waals surface area contributed by atoms with E-state index in [4.69, 9.17) is 23.2 Å². The van der Waals surface area contributed by atoms with E-state index >= 15 is 0 Å². The van der Waals surface area contributed by atoms with Gasteiger partial charge >= 0.3 is 0 Å². The summed E-state index contributed by atoms with van der Waals surface area (Å²) in [6.07, 6.45) is 0. The highest BCUT2D eigenvalue weighted by Crippen LogP contribution is 2.26. The number of carbonyl (C=O) groups is 1. The summed E-state index contributed by atoms with van der Waals surface area (Å²) in [6.45, 7) is 0.133. The molecule has 0 heterocycles. The molecule has 2 aromatic carbocycles. The lowest BCUT2D eigenvalue weighted by atomic mass is 10.1. The first-order valence-corrected chi connectivity index (χ1v) is 6.79. The molecular weight excluding hydrogens is 319 g/mol. The summed E-state index contributed by atoms with van der Waals surface area (Å²) >= 11 is 11.9. The molecule has 0 aromatic heterocycles. The Bertz CT molecular complexity index is 691. The van der Waals surface area contributed by atoms with Gasteiger partial charge in [0.2, 0.25) is 0 Å². The number of hydrogen-bond donors (Lipinski definition) is 0. The molecule has 0 unspecified atom stereocenters. The van der Waals surface area contributed by atoms with E-state index in [9.17, 15) is 13.6 Å². The first kappa shape index (κ1) is 15.7. The summed E-state index contributed by atoms with van der Waals surface area (Å²) in [5.74, 6) is -2.86. The van der Waals surface area contributed by atoms with Crippen LogP contribution >= 0.6 is 23.2 Å². The van der Waals surface area contributed by atoms with E-state index in [0.717, 1.165) is 6.07 Å². The summed E-state index contributed by atoms with van der Waals surface area (Å²) in [5.41, 5.74) is 0.299. The predicted octanol–water partition coefficient (Wildman–Crippen LogP) is 4.54. The second kappa shape index (κ2) is 6.41. The zero-order valence-electron chi connectivity index (χ0n) is 11.0. The number of benzene rings is 2.